The SMILES string of the molecule is CC(C(CCOc1ccc2ccccc2c1)c1ccc(Cl)cc1)N(C)c1ccc2ccccc2c1. The number of anilines is 1. The van der Waals surface area contributed by atoms with Gasteiger partial charge in [0.2, 0.25) is 0 Å². The van der Waals surface area contributed by atoms with Crippen LogP contribution in [0.25, 0.3) is 21.5 Å². The van der Waals surface area contributed by atoms with Gasteiger partial charge in [-0.2, -0.15) is 0 Å². The van der Waals surface area contributed by atoms with Crippen molar-refractivity contribution in [3.63, 3.8) is 0 Å². The number of likely N-dealkylation sites (N-methyl/N-ethyl adjacent to an activating group) is 1. The highest BCUT2D eigenvalue weighted by molar-refractivity contribution is 6.30. The van der Waals surface area contributed by atoms with Crippen LogP contribution in [-0.4, -0.2) is 19.7 Å². The third kappa shape index (κ3) is 5.28. The summed E-state index contributed by atoms with van der Waals surface area (Å²) in [5.74, 6) is 1.19. The van der Waals surface area contributed by atoms with Crippen LogP contribution in [0.4, 0.5) is 5.69 Å². The van der Waals surface area contributed by atoms with E-state index in [1.165, 1.54) is 32.8 Å². The quantitative estimate of drug-likeness (QED) is 0.220. The molecule has 5 aromatic carbocycles. The molecule has 35 heavy (non-hydrogen) atoms. The number of halogens is 1. The number of hydrogen-bond acceptors (Lipinski definition) is 2. The molecule has 0 aliphatic carbocycles. The maximum Gasteiger partial charge on any atom is 0.119 e. The predicted molar refractivity (Wildman–Crippen MR) is 150 cm³/mol. The molecule has 0 aliphatic heterocycles. The van der Waals surface area contributed by atoms with Crippen LogP contribution in [0.3, 0.4) is 0 Å². The van der Waals surface area contributed by atoms with E-state index in [1.807, 2.05) is 12.1 Å². The van der Waals surface area contributed by atoms with E-state index in [2.05, 4.69) is 116 Å². The lowest BCUT2D eigenvalue weighted by atomic mass is 9.88. The fourth-order valence-electron chi connectivity index (χ4n) is 4.86. The third-order valence-electron chi connectivity index (χ3n) is 7.05. The van der Waals surface area contributed by atoms with Gasteiger partial charge in [-0.05, 0) is 76.9 Å². The maximum atomic E-state index is 6.24. The van der Waals surface area contributed by atoms with Crippen LogP contribution in [0, 0.1) is 0 Å². The molecule has 5 rings (SSSR count). The molecule has 0 fully saturated rings. The van der Waals surface area contributed by atoms with Gasteiger partial charge < -0.3 is 9.64 Å². The molecule has 0 aliphatic rings. The molecule has 0 aromatic heterocycles. The van der Waals surface area contributed by atoms with E-state index in [9.17, 15) is 0 Å². The van der Waals surface area contributed by atoms with Gasteiger partial charge in [0.15, 0.2) is 0 Å². The maximum absolute atomic E-state index is 6.24. The second kappa shape index (κ2) is 10.4. The minimum atomic E-state index is 0.262. The van der Waals surface area contributed by atoms with Gasteiger partial charge in [-0.25, -0.2) is 0 Å². The van der Waals surface area contributed by atoms with Crippen LogP contribution in [0.15, 0.2) is 109 Å². The zero-order valence-electron chi connectivity index (χ0n) is 20.2. The zero-order valence-corrected chi connectivity index (χ0v) is 21.0. The van der Waals surface area contributed by atoms with Crippen LogP contribution in [-0.2, 0) is 0 Å². The van der Waals surface area contributed by atoms with Gasteiger partial charge in [0.05, 0.1) is 6.61 Å². The fourth-order valence-corrected chi connectivity index (χ4v) is 4.98. The average Bonchev–Trinajstić information content (AvgIpc) is 2.90. The van der Waals surface area contributed by atoms with E-state index >= 15 is 0 Å². The first-order valence-electron chi connectivity index (χ1n) is 12.2. The molecule has 0 saturated carbocycles. The second-order valence-corrected chi connectivity index (χ2v) is 9.62. The molecule has 2 unspecified atom stereocenters. The van der Waals surface area contributed by atoms with Crippen molar-refractivity contribution in [2.45, 2.75) is 25.3 Å². The van der Waals surface area contributed by atoms with Crippen LogP contribution in [0.2, 0.25) is 5.02 Å². The second-order valence-electron chi connectivity index (χ2n) is 9.19. The summed E-state index contributed by atoms with van der Waals surface area (Å²) in [7, 11) is 2.18. The molecular formula is C32H30ClNO. The van der Waals surface area contributed by atoms with E-state index < -0.39 is 0 Å². The average molecular weight is 480 g/mol. The molecule has 0 radical (unpaired) electrons. The Hall–Kier alpha value is -3.49. The first-order chi connectivity index (χ1) is 17.1. The first-order valence-corrected chi connectivity index (χ1v) is 12.5. The van der Waals surface area contributed by atoms with Crippen molar-refractivity contribution in [1.29, 1.82) is 0 Å². The molecule has 0 spiro atoms. The summed E-state index contributed by atoms with van der Waals surface area (Å²) in [6.07, 6.45) is 0.896. The van der Waals surface area contributed by atoms with Crippen molar-refractivity contribution < 1.29 is 4.74 Å². The van der Waals surface area contributed by atoms with Crippen molar-refractivity contribution >= 4 is 38.8 Å². The number of rotatable bonds is 8. The van der Waals surface area contributed by atoms with Gasteiger partial charge in [-0.1, -0.05) is 84.4 Å². The molecule has 0 saturated heterocycles. The molecule has 2 atom stereocenters. The Kier molecular flexibility index (Phi) is 6.92. The summed E-state index contributed by atoms with van der Waals surface area (Å²) in [5, 5.41) is 5.70. The highest BCUT2D eigenvalue weighted by Crippen LogP contribution is 2.32. The van der Waals surface area contributed by atoms with Gasteiger partial charge in [0.1, 0.15) is 5.75 Å². The molecule has 176 valence electrons. The van der Waals surface area contributed by atoms with Crippen LogP contribution >= 0.6 is 11.6 Å². The summed E-state index contributed by atoms with van der Waals surface area (Å²) < 4.78 is 6.24. The molecule has 0 amide bonds. The molecule has 3 heteroatoms. The Morgan fingerprint density at radius 2 is 1.31 bits per heavy atom. The zero-order chi connectivity index (χ0) is 24.2. The van der Waals surface area contributed by atoms with Gasteiger partial charge in [-0.3, -0.25) is 0 Å². The summed E-state index contributed by atoms with van der Waals surface area (Å²) in [6.45, 7) is 2.94. The standard InChI is InChI=1S/C32H30ClNO/c1-23(34(2)30-17-13-24-7-3-5-9-27(24)21-30)32(26-11-15-29(33)16-12-26)19-20-35-31-18-14-25-8-4-6-10-28(25)22-31/h3-18,21-23,32H,19-20H2,1-2H3. The lowest BCUT2D eigenvalue weighted by molar-refractivity contribution is 0.289. The topological polar surface area (TPSA) is 12.5 Å². The van der Waals surface area contributed by atoms with E-state index in [0.29, 0.717) is 6.61 Å². The Morgan fingerprint density at radius 3 is 2.00 bits per heavy atom. The van der Waals surface area contributed by atoms with E-state index in [1.54, 1.807) is 0 Å². The molecule has 5 aromatic rings. The van der Waals surface area contributed by atoms with Crippen molar-refractivity contribution in [3.05, 3.63) is 120 Å². The van der Waals surface area contributed by atoms with Crippen molar-refractivity contribution in [2.75, 3.05) is 18.6 Å². The molecular weight excluding hydrogens is 450 g/mol. The Balaban J connectivity index is 1.35. The molecule has 0 bridgehead atoms. The third-order valence-corrected chi connectivity index (χ3v) is 7.30. The van der Waals surface area contributed by atoms with Crippen LogP contribution in [0.5, 0.6) is 5.75 Å². The number of fused-ring (bicyclic) bond motifs is 2. The smallest absolute Gasteiger partial charge is 0.119 e. The fraction of sp³-hybridized carbons (Fsp3) is 0.188. The van der Waals surface area contributed by atoms with Crippen LogP contribution in [0.1, 0.15) is 24.8 Å². The number of ether oxygens (including phenoxy) is 1. The summed E-state index contributed by atoms with van der Waals surface area (Å²) in [5.41, 5.74) is 2.49. The van der Waals surface area contributed by atoms with Crippen molar-refractivity contribution in [3.8, 4) is 5.75 Å². The summed E-state index contributed by atoms with van der Waals surface area (Å²) in [4.78, 5) is 2.38. The normalized spacial score (nSPS) is 13.0. The van der Waals surface area contributed by atoms with Gasteiger partial charge in [-0.15, -0.1) is 0 Å². The van der Waals surface area contributed by atoms with E-state index in [0.717, 1.165) is 17.2 Å². The van der Waals surface area contributed by atoms with Crippen molar-refractivity contribution in [2.24, 2.45) is 0 Å². The molecule has 0 heterocycles. The number of benzene rings is 5. The lowest BCUT2D eigenvalue weighted by Gasteiger charge is -2.34. The van der Waals surface area contributed by atoms with E-state index in [-0.39, 0.29) is 12.0 Å². The molecule has 0 N–H and O–H groups in total. The van der Waals surface area contributed by atoms with Crippen LogP contribution < -0.4 is 9.64 Å². The predicted octanol–water partition coefficient (Wildman–Crippen LogP) is 8.72. The van der Waals surface area contributed by atoms with Gasteiger partial charge >= 0.3 is 0 Å². The largest absolute Gasteiger partial charge is 0.494 e. The number of hydrogen-bond donors (Lipinski definition) is 0. The monoisotopic (exact) mass is 479 g/mol. The van der Waals surface area contributed by atoms with Gasteiger partial charge in [0, 0.05) is 29.7 Å². The van der Waals surface area contributed by atoms with Gasteiger partial charge in [0.25, 0.3) is 0 Å². The minimum absolute atomic E-state index is 0.262. The highest BCUT2D eigenvalue weighted by Gasteiger charge is 2.24. The summed E-state index contributed by atoms with van der Waals surface area (Å²) in [6, 6.07) is 38.4. The first kappa shape index (κ1) is 23.3. The highest BCUT2D eigenvalue weighted by atomic mass is 35.5. The summed E-state index contributed by atoms with van der Waals surface area (Å²) >= 11 is 6.21. The minimum Gasteiger partial charge on any atom is -0.494 e. The Bertz CT molecular complexity index is 1430. The van der Waals surface area contributed by atoms with E-state index in [4.69, 9.17) is 16.3 Å². The lowest BCUT2D eigenvalue weighted by Crippen LogP contribution is -2.35. The number of nitrogens with zero attached hydrogens (tertiary/aromatic N) is 1. The Morgan fingerprint density at radius 1 is 0.714 bits per heavy atom. The van der Waals surface area contributed by atoms with Crippen molar-refractivity contribution in [1.82, 2.24) is 0 Å². The Labute approximate surface area is 212 Å². The molecule has 2 nitrogen and oxygen atoms in total.